The molecule has 2 N–H and O–H groups in total. The minimum absolute atomic E-state index is 0.199. The van der Waals surface area contributed by atoms with Crippen molar-refractivity contribution in [3.8, 4) is 11.6 Å². The lowest BCUT2D eigenvalue weighted by molar-refractivity contribution is -0.109. The van der Waals surface area contributed by atoms with E-state index in [-0.39, 0.29) is 22.6 Å². The number of ketones is 1. The van der Waals surface area contributed by atoms with Gasteiger partial charge >= 0.3 is 5.69 Å². The SMILES string of the molecule is Cc1ccc(-n2c(O)c(C=C3C(=O)C=Cc4ccccc43)c(=O)[nH]c2=O)cc1Cl. The monoisotopic (exact) mass is 406 g/mol. The van der Waals surface area contributed by atoms with Gasteiger partial charge in [0.2, 0.25) is 5.88 Å². The number of carbonyl (C=O) groups excluding carboxylic acids is 1. The zero-order valence-electron chi connectivity index (χ0n) is 15.3. The Balaban J connectivity index is 1.96. The van der Waals surface area contributed by atoms with Crippen LogP contribution in [-0.2, 0) is 4.79 Å². The number of rotatable bonds is 2. The van der Waals surface area contributed by atoms with Gasteiger partial charge in [0, 0.05) is 10.6 Å². The van der Waals surface area contributed by atoms with Crippen molar-refractivity contribution in [1.29, 1.82) is 0 Å². The Hall–Kier alpha value is -3.64. The number of allylic oxidation sites excluding steroid dienone is 2. The van der Waals surface area contributed by atoms with Crippen molar-refractivity contribution in [3.63, 3.8) is 0 Å². The molecule has 0 unspecified atom stereocenters. The van der Waals surface area contributed by atoms with Crippen LogP contribution in [0.2, 0.25) is 5.02 Å². The van der Waals surface area contributed by atoms with E-state index in [0.717, 1.165) is 15.7 Å². The molecule has 0 bridgehead atoms. The summed E-state index contributed by atoms with van der Waals surface area (Å²) in [5.41, 5.74) is 0.966. The predicted octanol–water partition coefficient (Wildman–Crippen LogP) is 3.33. The maximum atomic E-state index is 12.5. The molecule has 1 aromatic heterocycles. The zero-order valence-corrected chi connectivity index (χ0v) is 16.0. The average molecular weight is 407 g/mol. The number of nitrogens with one attached hydrogen (secondary N) is 1. The van der Waals surface area contributed by atoms with Crippen LogP contribution in [0.3, 0.4) is 0 Å². The zero-order chi connectivity index (χ0) is 20.7. The highest BCUT2D eigenvalue weighted by Gasteiger charge is 2.20. The predicted molar refractivity (Wildman–Crippen MR) is 112 cm³/mol. The molecule has 0 amide bonds. The topological polar surface area (TPSA) is 92.2 Å². The number of H-pyrrole nitrogens is 1. The Bertz CT molecular complexity index is 1350. The van der Waals surface area contributed by atoms with Crippen LogP contribution < -0.4 is 11.2 Å². The highest BCUT2D eigenvalue weighted by atomic mass is 35.5. The number of carbonyl (C=O) groups is 1. The molecule has 0 atom stereocenters. The third kappa shape index (κ3) is 3.23. The Labute approximate surface area is 170 Å². The van der Waals surface area contributed by atoms with Gasteiger partial charge in [0.15, 0.2) is 5.78 Å². The maximum absolute atomic E-state index is 12.5. The first-order valence-electron chi connectivity index (χ1n) is 8.75. The van der Waals surface area contributed by atoms with Crippen molar-refractivity contribution >= 4 is 35.1 Å². The molecule has 144 valence electrons. The van der Waals surface area contributed by atoms with Crippen LogP contribution in [0.15, 0.2) is 58.1 Å². The van der Waals surface area contributed by atoms with E-state index >= 15 is 0 Å². The molecule has 1 heterocycles. The molecule has 0 saturated heterocycles. The molecule has 3 aromatic rings. The minimum Gasteiger partial charge on any atom is -0.494 e. The largest absolute Gasteiger partial charge is 0.494 e. The maximum Gasteiger partial charge on any atom is 0.335 e. The van der Waals surface area contributed by atoms with E-state index in [9.17, 15) is 19.5 Å². The van der Waals surface area contributed by atoms with Crippen molar-refractivity contribution in [1.82, 2.24) is 9.55 Å². The summed E-state index contributed by atoms with van der Waals surface area (Å²) in [6.07, 6.45) is 4.38. The first-order valence-corrected chi connectivity index (χ1v) is 9.13. The van der Waals surface area contributed by atoms with E-state index in [1.54, 1.807) is 37.3 Å². The van der Waals surface area contributed by atoms with Crippen LogP contribution in [0.25, 0.3) is 23.4 Å². The summed E-state index contributed by atoms with van der Waals surface area (Å²) in [4.78, 5) is 39.4. The van der Waals surface area contributed by atoms with Crippen molar-refractivity contribution in [2.45, 2.75) is 6.92 Å². The van der Waals surface area contributed by atoms with Crippen molar-refractivity contribution < 1.29 is 9.90 Å². The molecule has 6 nitrogen and oxygen atoms in total. The van der Waals surface area contributed by atoms with Crippen molar-refractivity contribution in [3.05, 3.63) is 96.7 Å². The quantitative estimate of drug-likeness (QED) is 0.638. The third-order valence-corrected chi connectivity index (χ3v) is 5.16. The highest BCUT2D eigenvalue weighted by molar-refractivity contribution is 6.33. The molecule has 0 spiro atoms. The fourth-order valence-electron chi connectivity index (χ4n) is 3.20. The molecule has 2 aromatic carbocycles. The van der Waals surface area contributed by atoms with Crippen LogP contribution in [0, 0.1) is 6.92 Å². The van der Waals surface area contributed by atoms with Gasteiger partial charge in [-0.3, -0.25) is 14.6 Å². The van der Waals surface area contributed by atoms with Gasteiger partial charge in [-0.15, -0.1) is 0 Å². The van der Waals surface area contributed by atoms with Crippen LogP contribution in [0.5, 0.6) is 5.88 Å². The summed E-state index contributed by atoms with van der Waals surface area (Å²) in [5.74, 6) is -0.885. The summed E-state index contributed by atoms with van der Waals surface area (Å²) in [6, 6.07) is 12.0. The smallest absolute Gasteiger partial charge is 0.335 e. The summed E-state index contributed by atoms with van der Waals surface area (Å²) in [6.45, 7) is 1.80. The molecule has 0 fully saturated rings. The van der Waals surface area contributed by atoms with Crippen LogP contribution in [0.1, 0.15) is 22.3 Å². The molecule has 0 radical (unpaired) electrons. The molecular weight excluding hydrogens is 392 g/mol. The van der Waals surface area contributed by atoms with E-state index in [1.165, 1.54) is 18.2 Å². The van der Waals surface area contributed by atoms with E-state index in [1.807, 2.05) is 12.1 Å². The number of aromatic nitrogens is 2. The summed E-state index contributed by atoms with van der Waals surface area (Å²) >= 11 is 6.14. The molecule has 0 saturated carbocycles. The number of aromatic hydroxyl groups is 1. The number of aryl methyl sites for hydroxylation is 1. The van der Waals surface area contributed by atoms with Gasteiger partial charge in [0.05, 0.1) is 5.69 Å². The summed E-state index contributed by atoms with van der Waals surface area (Å²) < 4.78 is 0.939. The Morgan fingerprint density at radius 1 is 1.07 bits per heavy atom. The molecular formula is C22H15ClN2O4. The van der Waals surface area contributed by atoms with Gasteiger partial charge in [-0.25, -0.2) is 9.36 Å². The van der Waals surface area contributed by atoms with Crippen molar-refractivity contribution in [2.75, 3.05) is 0 Å². The van der Waals surface area contributed by atoms with Gasteiger partial charge in [-0.05, 0) is 47.9 Å². The lowest BCUT2D eigenvalue weighted by Crippen LogP contribution is -2.30. The van der Waals surface area contributed by atoms with E-state index in [0.29, 0.717) is 10.6 Å². The Morgan fingerprint density at radius 3 is 2.59 bits per heavy atom. The summed E-state index contributed by atoms with van der Waals surface area (Å²) in [5, 5.41) is 11.2. The van der Waals surface area contributed by atoms with Gasteiger partial charge in [0.1, 0.15) is 5.56 Å². The van der Waals surface area contributed by atoms with E-state index < -0.39 is 17.1 Å². The first kappa shape index (κ1) is 18.7. The number of hydrogen-bond acceptors (Lipinski definition) is 4. The fraction of sp³-hybridized carbons (Fsp3) is 0.0455. The molecule has 29 heavy (non-hydrogen) atoms. The van der Waals surface area contributed by atoms with Gasteiger partial charge < -0.3 is 5.11 Å². The number of fused-ring (bicyclic) bond motifs is 1. The Morgan fingerprint density at radius 2 is 1.83 bits per heavy atom. The number of nitrogens with zero attached hydrogens (tertiary/aromatic N) is 1. The van der Waals surface area contributed by atoms with Crippen LogP contribution >= 0.6 is 11.6 Å². The van der Waals surface area contributed by atoms with E-state index in [2.05, 4.69) is 4.98 Å². The number of hydrogen-bond donors (Lipinski definition) is 2. The van der Waals surface area contributed by atoms with Gasteiger partial charge in [-0.1, -0.05) is 48.0 Å². The van der Waals surface area contributed by atoms with Crippen LogP contribution in [-0.4, -0.2) is 20.4 Å². The Kier molecular flexibility index (Phi) is 4.56. The highest BCUT2D eigenvalue weighted by Crippen LogP contribution is 2.30. The number of aromatic amines is 1. The standard InChI is InChI=1S/C22H15ClN2O4/c1-12-6-8-14(10-18(12)23)25-21(28)17(20(27)24-22(25)29)11-16-15-5-3-2-4-13(15)7-9-19(16)26/h2-11,28H,1H3,(H,24,27,29). The second-order valence-corrected chi connectivity index (χ2v) is 7.02. The van der Waals surface area contributed by atoms with Gasteiger partial charge in [0.25, 0.3) is 5.56 Å². The fourth-order valence-corrected chi connectivity index (χ4v) is 3.37. The lowest BCUT2D eigenvalue weighted by atomic mass is 9.90. The molecule has 4 rings (SSSR count). The normalized spacial score (nSPS) is 14.3. The number of halogens is 1. The minimum atomic E-state index is -0.815. The second-order valence-electron chi connectivity index (χ2n) is 6.61. The number of benzene rings is 2. The molecule has 7 heteroatoms. The molecule has 0 aliphatic heterocycles. The molecule has 1 aliphatic carbocycles. The average Bonchev–Trinajstić information content (AvgIpc) is 2.69. The second kappa shape index (κ2) is 7.07. The lowest BCUT2D eigenvalue weighted by Gasteiger charge is -2.14. The first-order chi connectivity index (χ1) is 13.9. The van der Waals surface area contributed by atoms with Gasteiger partial charge in [-0.2, -0.15) is 0 Å². The van der Waals surface area contributed by atoms with E-state index in [4.69, 9.17) is 11.6 Å². The summed E-state index contributed by atoms with van der Waals surface area (Å²) in [7, 11) is 0. The van der Waals surface area contributed by atoms with Crippen molar-refractivity contribution in [2.24, 2.45) is 0 Å². The van der Waals surface area contributed by atoms with Crippen LogP contribution in [0.4, 0.5) is 0 Å². The molecule has 1 aliphatic rings. The third-order valence-electron chi connectivity index (χ3n) is 4.75.